The molecule has 0 saturated heterocycles. The van der Waals surface area contributed by atoms with E-state index in [0.717, 1.165) is 24.3 Å². The summed E-state index contributed by atoms with van der Waals surface area (Å²) >= 11 is 0. The monoisotopic (exact) mass is 462 g/mol. The molecule has 26 heavy (non-hydrogen) atoms. The Morgan fingerprint density at radius 1 is 1.12 bits per heavy atom. The molecule has 0 amide bonds. The summed E-state index contributed by atoms with van der Waals surface area (Å²) in [5.41, 5.74) is 10.7. The summed E-state index contributed by atoms with van der Waals surface area (Å²) in [6, 6.07) is 16.8. The van der Waals surface area contributed by atoms with Gasteiger partial charge in [0, 0.05) is 24.5 Å². The summed E-state index contributed by atoms with van der Waals surface area (Å²) in [5, 5.41) is 3.17. The van der Waals surface area contributed by atoms with Crippen molar-refractivity contribution in [2.75, 3.05) is 23.3 Å². The molecule has 0 radical (unpaired) electrons. The second-order valence-corrected chi connectivity index (χ2v) is 6.65. The fourth-order valence-electron chi connectivity index (χ4n) is 2.84. The average molecular weight is 462 g/mol. The van der Waals surface area contributed by atoms with Crippen LogP contribution in [0.2, 0.25) is 0 Å². The zero-order valence-electron chi connectivity index (χ0n) is 15.4. The fourth-order valence-corrected chi connectivity index (χ4v) is 2.84. The summed E-state index contributed by atoms with van der Waals surface area (Å²) in [4.78, 5) is 6.77. The molecule has 0 saturated carbocycles. The number of rotatable bonds is 5. The largest absolute Gasteiger partial charge is 0.370 e. The minimum atomic E-state index is 0. The molecule has 0 aromatic heterocycles. The van der Waals surface area contributed by atoms with E-state index in [4.69, 9.17) is 5.73 Å². The zero-order valence-corrected chi connectivity index (χ0v) is 17.7. The van der Waals surface area contributed by atoms with E-state index in [-0.39, 0.29) is 24.0 Å². The summed E-state index contributed by atoms with van der Waals surface area (Å²) in [6.07, 6.45) is 4.39. The number of nitrogens with one attached hydrogen (secondary N) is 1. The second-order valence-electron chi connectivity index (χ2n) is 6.65. The van der Waals surface area contributed by atoms with E-state index < -0.39 is 0 Å². The van der Waals surface area contributed by atoms with Crippen LogP contribution in [0.3, 0.4) is 0 Å². The van der Waals surface area contributed by atoms with Gasteiger partial charge in [-0.15, -0.1) is 24.0 Å². The Kier molecular flexibility index (Phi) is 7.50. The molecule has 0 bridgehead atoms. The Morgan fingerprint density at radius 3 is 2.46 bits per heavy atom. The highest BCUT2D eigenvalue weighted by atomic mass is 127. The summed E-state index contributed by atoms with van der Waals surface area (Å²) in [6.45, 7) is 6.91. The third-order valence-electron chi connectivity index (χ3n) is 4.38. The van der Waals surface area contributed by atoms with E-state index >= 15 is 0 Å². The Morgan fingerprint density at radius 2 is 1.81 bits per heavy atom. The summed E-state index contributed by atoms with van der Waals surface area (Å²) in [5.74, 6) is 0.929. The third kappa shape index (κ3) is 5.49. The van der Waals surface area contributed by atoms with Crippen molar-refractivity contribution in [2.45, 2.75) is 26.3 Å². The van der Waals surface area contributed by atoms with Crippen LogP contribution in [0, 0.1) is 0 Å². The van der Waals surface area contributed by atoms with E-state index in [1.807, 2.05) is 12.1 Å². The van der Waals surface area contributed by atoms with Crippen molar-refractivity contribution in [3.63, 3.8) is 0 Å². The highest BCUT2D eigenvalue weighted by Crippen LogP contribution is 2.19. The number of hydrogen-bond acceptors (Lipinski definition) is 2. The number of nitrogens with two attached hydrogens (primary N) is 1. The lowest BCUT2D eigenvalue weighted by Crippen LogP contribution is -2.22. The molecule has 3 rings (SSSR count). The van der Waals surface area contributed by atoms with E-state index in [9.17, 15) is 0 Å². The van der Waals surface area contributed by atoms with Crippen LogP contribution in [-0.2, 0) is 6.54 Å². The molecule has 2 aromatic carbocycles. The maximum absolute atomic E-state index is 6.03. The lowest BCUT2D eigenvalue weighted by molar-refractivity contribution is 0.867. The normalized spacial score (nSPS) is 13.8. The van der Waals surface area contributed by atoms with Crippen LogP contribution in [0.25, 0.3) is 0 Å². The number of aliphatic imine (C=N–C) groups is 1. The standard InChI is InChI=1S/C21H26N4.HI/c1-16(2)18-6-5-7-19(14-18)24-21(22)23-15-17-8-10-20(11-9-17)25-12-3-4-13-25;/h3-11,14,16H,12-13,15H2,1-2H3,(H3,22,23,24);1H. The maximum Gasteiger partial charge on any atom is 0.193 e. The van der Waals surface area contributed by atoms with Crippen LogP contribution in [-0.4, -0.2) is 19.0 Å². The van der Waals surface area contributed by atoms with E-state index in [1.54, 1.807) is 0 Å². The smallest absolute Gasteiger partial charge is 0.193 e. The van der Waals surface area contributed by atoms with E-state index in [1.165, 1.54) is 11.3 Å². The van der Waals surface area contributed by atoms with Gasteiger partial charge >= 0.3 is 0 Å². The number of anilines is 2. The molecule has 1 heterocycles. The number of benzene rings is 2. The number of guanidine groups is 1. The van der Waals surface area contributed by atoms with Gasteiger partial charge in [-0.1, -0.05) is 50.3 Å². The van der Waals surface area contributed by atoms with Crippen molar-refractivity contribution in [2.24, 2.45) is 10.7 Å². The first-order valence-corrected chi connectivity index (χ1v) is 8.77. The van der Waals surface area contributed by atoms with Crippen molar-refractivity contribution in [1.29, 1.82) is 0 Å². The van der Waals surface area contributed by atoms with E-state index in [0.29, 0.717) is 18.4 Å². The van der Waals surface area contributed by atoms with Crippen LogP contribution in [0.4, 0.5) is 11.4 Å². The fraction of sp³-hybridized carbons (Fsp3) is 0.286. The zero-order chi connectivity index (χ0) is 17.6. The van der Waals surface area contributed by atoms with Crippen molar-refractivity contribution in [3.8, 4) is 0 Å². The van der Waals surface area contributed by atoms with Crippen LogP contribution in [0.15, 0.2) is 65.7 Å². The highest BCUT2D eigenvalue weighted by molar-refractivity contribution is 14.0. The molecule has 0 spiro atoms. The summed E-state index contributed by atoms with van der Waals surface area (Å²) in [7, 11) is 0. The molecule has 2 aromatic rings. The number of nitrogens with zero attached hydrogens (tertiary/aromatic N) is 2. The molecule has 5 heteroatoms. The molecule has 138 valence electrons. The molecule has 1 aliphatic rings. The predicted molar refractivity (Wildman–Crippen MR) is 123 cm³/mol. The third-order valence-corrected chi connectivity index (χ3v) is 4.38. The molecule has 4 nitrogen and oxygen atoms in total. The molecule has 0 atom stereocenters. The molecule has 0 unspecified atom stereocenters. The minimum absolute atomic E-state index is 0. The van der Waals surface area contributed by atoms with Crippen LogP contribution < -0.4 is 16.0 Å². The molecular formula is C21H27IN4. The Bertz CT molecular complexity index is 758. The number of hydrogen-bond donors (Lipinski definition) is 2. The maximum atomic E-state index is 6.03. The van der Waals surface area contributed by atoms with Gasteiger partial charge in [-0.05, 0) is 41.3 Å². The Balaban J connectivity index is 0.00000243. The van der Waals surface area contributed by atoms with E-state index in [2.05, 4.69) is 77.6 Å². The number of halogens is 1. The van der Waals surface area contributed by atoms with Gasteiger partial charge < -0.3 is 16.0 Å². The van der Waals surface area contributed by atoms with Crippen LogP contribution >= 0.6 is 24.0 Å². The van der Waals surface area contributed by atoms with Crippen LogP contribution in [0.1, 0.15) is 30.9 Å². The topological polar surface area (TPSA) is 53.6 Å². The lowest BCUT2D eigenvalue weighted by Gasteiger charge is -2.17. The quantitative estimate of drug-likeness (QED) is 0.292. The van der Waals surface area contributed by atoms with Gasteiger partial charge in [-0.3, -0.25) is 0 Å². The van der Waals surface area contributed by atoms with Gasteiger partial charge in [-0.2, -0.15) is 0 Å². The van der Waals surface area contributed by atoms with Crippen molar-refractivity contribution >= 4 is 41.3 Å². The molecule has 1 aliphatic heterocycles. The van der Waals surface area contributed by atoms with Crippen molar-refractivity contribution < 1.29 is 0 Å². The molecule has 0 aliphatic carbocycles. The Hall–Kier alpha value is -2.02. The van der Waals surface area contributed by atoms with Gasteiger partial charge in [0.1, 0.15) is 0 Å². The first kappa shape index (κ1) is 20.3. The highest BCUT2D eigenvalue weighted by Gasteiger charge is 2.07. The molecule has 3 N–H and O–H groups in total. The first-order valence-electron chi connectivity index (χ1n) is 8.77. The van der Waals surface area contributed by atoms with Gasteiger partial charge in [0.25, 0.3) is 0 Å². The summed E-state index contributed by atoms with van der Waals surface area (Å²) < 4.78 is 0. The molecular weight excluding hydrogens is 435 g/mol. The van der Waals surface area contributed by atoms with Crippen molar-refractivity contribution in [3.05, 3.63) is 71.8 Å². The predicted octanol–water partition coefficient (Wildman–Crippen LogP) is 4.73. The molecule has 0 fully saturated rings. The van der Waals surface area contributed by atoms with Gasteiger partial charge in [0.05, 0.1) is 6.54 Å². The lowest BCUT2D eigenvalue weighted by atomic mass is 10.0. The van der Waals surface area contributed by atoms with Gasteiger partial charge in [-0.25, -0.2) is 4.99 Å². The Labute approximate surface area is 173 Å². The minimum Gasteiger partial charge on any atom is -0.370 e. The first-order chi connectivity index (χ1) is 12.1. The van der Waals surface area contributed by atoms with Gasteiger partial charge in [0.15, 0.2) is 5.96 Å². The SMILES string of the molecule is CC(C)c1cccc(NC(N)=NCc2ccc(N3CC=CC3)cc2)c1.I. The average Bonchev–Trinajstić information content (AvgIpc) is 3.15. The van der Waals surface area contributed by atoms with Crippen LogP contribution in [0.5, 0.6) is 0 Å². The van der Waals surface area contributed by atoms with Crippen molar-refractivity contribution in [1.82, 2.24) is 0 Å². The second kappa shape index (κ2) is 9.62. The van der Waals surface area contributed by atoms with Gasteiger partial charge in [0.2, 0.25) is 0 Å².